The van der Waals surface area contributed by atoms with Gasteiger partial charge in [-0.15, -0.1) is 0 Å². The topological polar surface area (TPSA) is 66.4 Å². The Balaban J connectivity index is 2.59. The molecular weight excluding hydrogens is 282 g/mol. The molecule has 0 aliphatic carbocycles. The summed E-state index contributed by atoms with van der Waals surface area (Å²) in [6, 6.07) is 7.37. The minimum atomic E-state index is -3.42. The quantitative estimate of drug-likeness (QED) is 0.801. The summed E-state index contributed by atoms with van der Waals surface area (Å²) >= 11 is 1.48. The molecule has 0 aliphatic rings. The minimum Gasteiger partial charge on any atom is -0.388 e. The van der Waals surface area contributed by atoms with Gasteiger partial charge in [-0.3, -0.25) is 0 Å². The first-order chi connectivity index (χ1) is 8.74. The lowest BCUT2D eigenvalue weighted by Crippen LogP contribution is -2.42. The van der Waals surface area contributed by atoms with E-state index in [0.717, 1.165) is 11.1 Å². The molecule has 0 radical (unpaired) electrons. The molecule has 1 rings (SSSR count). The number of thioether (sulfide) groups is 1. The smallest absolute Gasteiger partial charge is 0.215 e. The third-order valence-electron chi connectivity index (χ3n) is 2.61. The largest absolute Gasteiger partial charge is 0.388 e. The molecule has 0 fully saturated rings. The summed E-state index contributed by atoms with van der Waals surface area (Å²) in [6.45, 7) is 3.61. The minimum absolute atomic E-state index is 0.0298. The summed E-state index contributed by atoms with van der Waals surface area (Å²) in [5.41, 5.74) is 0.805. The molecule has 0 saturated heterocycles. The van der Waals surface area contributed by atoms with E-state index >= 15 is 0 Å². The highest BCUT2D eigenvalue weighted by Crippen LogP contribution is 2.11. The van der Waals surface area contributed by atoms with Gasteiger partial charge in [0.1, 0.15) is 0 Å². The van der Waals surface area contributed by atoms with Gasteiger partial charge in [-0.25, -0.2) is 13.1 Å². The molecule has 1 atom stereocenters. The molecule has 0 unspecified atom stereocenters. The zero-order valence-corrected chi connectivity index (χ0v) is 13.1. The van der Waals surface area contributed by atoms with Gasteiger partial charge in [0.25, 0.3) is 0 Å². The average molecular weight is 303 g/mol. The Morgan fingerprint density at radius 3 is 2.42 bits per heavy atom. The molecule has 0 heterocycles. The van der Waals surface area contributed by atoms with E-state index in [9.17, 15) is 13.5 Å². The molecule has 0 spiro atoms. The van der Waals surface area contributed by atoms with Gasteiger partial charge >= 0.3 is 0 Å². The van der Waals surface area contributed by atoms with Crippen LogP contribution in [-0.4, -0.2) is 37.7 Å². The second-order valence-corrected chi connectivity index (χ2v) is 7.67. The van der Waals surface area contributed by atoms with E-state index in [4.69, 9.17) is 0 Å². The Morgan fingerprint density at radius 1 is 1.32 bits per heavy atom. The fourth-order valence-corrected chi connectivity index (χ4v) is 3.57. The van der Waals surface area contributed by atoms with Gasteiger partial charge < -0.3 is 5.11 Å². The van der Waals surface area contributed by atoms with Crippen molar-refractivity contribution in [3.05, 3.63) is 35.4 Å². The van der Waals surface area contributed by atoms with Crippen LogP contribution in [0.3, 0.4) is 0 Å². The second kappa shape index (κ2) is 6.74. The number of aliphatic hydroxyl groups is 1. The lowest BCUT2D eigenvalue weighted by Gasteiger charge is -2.22. The first-order valence-corrected chi connectivity index (χ1v) is 9.03. The van der Waals surface area contributed by atoms with Crippen LogP contribution in [0.25, 0.3) is 0 Å². The molecule has 108 valence electrons. The van der Waals surface area contributed by atoms with E-state index in [2.05, 4.69) is 4.72 Å². The van der Waals surface area contributed by atoms with E-state index in [-0.39, 0.29) is 12.3 Å². The Hall–Kier alpha value is -0.560. The van der Waals surface area contributed by atoms with E-state index < -0.39 is 15.6 Å². The number of sulfonamides is 1. The molecule has 6 heteroatoms. The van der Waals surface area contributed by atoms with Crippen molar-refractivity contribution in [1.29, 1.82) is 0 Å². The summed E-state index contributed by atoms with van der Waals surface area (Å²) in [6.07, 6.45) is 1.87. The summed E-state index contributed by atoms with van der Waals surface area (Å²) in [5, 5.41) is 9.93. The van der Waals surface area contributed by atoms with Crippen LogP contribution in [0.4, 0.5) is 0 Å². The summed E-state index contributed by atoms with van der Waals surface area (Å²) in [4.78, 5) is 0. The molecule has 0 aliphatic heterocycles. The number of benzene rings is 1. The van der Waals surface area contributed by atoms with Crippen molar-refractivity contribution in [2.75, 3.05) is 18.6 Å². The van der Waals surface area contributed by atoms with E-state index in [1.54, 1.807) is 19.1 Å². The van der Waals surface area contributed by atoms with Gasteiger partial charge in [0.05, 0.1) is 11.4 Å². The van der Waals surface area contributed by atoms with Gasteiger partial charge in [-0.2, -0.15) is 11.8 Å². The molecule has 1 aromatic rings. The highest BCUT2D eigenvalue weighted by Gasteiger charge is 2.22. The highest BCUT2D eigenvalue weighted by molar-refractivity contribution is 7.98. The Bertz CT molecular complexity index is 495. The lowest BCUT2D eigenvalue weighted by atomic mass is 10.1. The van der Waals surface area contributed by atoms with Crippen LogP contribution in [0.2, 0.25) is 0 Å². The number of rotatable bonds is 7. The Kier molecular flexibility index (Phi) is 5.85. The van der Waals surface area contributed by atoms with Crippen LogP contribution < -0.4 is 4.72 Å². The molecule has 0 aromatic heterocycles. The fourth-order valence-electron chi connectivity index (χ4n) is 1.58. The van der Waals surface area contributed by atoms with Crippen LogP contribution in [-0.2, 0) is 15.8 Å². The van der Waals surface area contributed by atoms with E-state index in [0.29, 0.717) is 5.75 Å². The fraction of sp³-hybridized carbons (Fsp3) is 0.538. The van der Waals surface area contributed by atoms with Crippen molar-refractivity contribution >= 4 is 21.8 Å². The Labute approximate surface area is 119 Å². The lowest BCUT2D eigenvalue weighted by molar-refractivity contribution is 0.0908. The van der Waals surface area contributed by atoms with Crippen molar-refractivity contribution in [3.63, 3.8) is 0 Å². The third-order valence-corrected chi connectivity index (χ3v) is 4.81. The monoisotopic (exact) mass is 303 g/mol. The molecular formula is C13H21NO3S2. The first kappa shape index (κ1) is 16.5. The summed E-state index contributed by atoms with van der Waals surface area (Å²) < 4.78 is 26.3. The maximum Gasteiger partial charge on any atom is 0.215 e. The van der Waals surface area contributed by atoms with Crippen molar-refractivity contribution in [2.24, 2.45) is 0 Å². The SMILES string of the molecule is CSC[C@@](C)(O)CNS(=O)(=O)Cc1ccc(C)cc1. The molecule has 0 saturated carbocycles. The van der Waals surface area contributed by atoms with Crippen LogP contribution in [0, 0.1) is 6.92 Å². The summed E-state index contributed by atoms with van der Waals surface area (Å²) in [7, 11) is -3.42. The molecule has 4 nitrogen and oxygen atoms in total. The summed E-state index contributed by atoms with van der Waals surface area (Å²) in [5.74, 6) is 0.419. The van der Waals surface area contributed by atoms with Gasteiger partial charge in [-0.1, -0.05) is 29.8 Å². The molecule has 2 N–H and O–H groups in total. The highest BCUT2D eigenvalue weighted by atomic mass is 32.2. The number of nitrogens with one attached hydrogen (secondary N) is 1. The number of aryl methyl sites for hydroxylation is 1. The van der Waals surface area contributed by atoms with Crippen LogP contribution >= 0.6 is 11.8 Å². The predicted octanol–water partition coefficient (Wildman–Crippen LogP) is 1.53. The standard InChI is InChI=1S/C13H21NO3S2/c1-11-4-6-12(7-5-11)8-19(16,17)14-9-13(2,15)10-18-3/h4-7,14-15H,8-10H2,1-3H3/t13-/m0/s1. The van der Waals surface area contributed by atoms with Gasteiger partial charge in [0.2, 0.25) is 10.0 Å². The van der Waals surface area contributed by atoms with Gasteiger partial charge in [0, 0.05) is 12.3 Å². The van der Waals surface area contributed by atoms with Crippen molar-refractivity contribution < 1.29 is 13.5 Å². The average Bonchev–Trinajstić information content (AvgIpc) is 2.30. The van der Waals surface area contributed by atoms with Crippen molar-refractivity contribution in [1.82, 2.24) is 4.72 Å². The van der Waals surface area contributed by atoms with Gasteiger partial charge in [0.15, 0.2) is 0 Å². The third kappa shape index (κ3) is 6.42. The zero-order chi connectivity index (χ0) is 14.5. The first-order valence-electron chi connectivity index (χ1n) is 5.98. The zero-order valence-electron chi connectivity index (χ0n) is 11.5. The predicted molar refractivity (Wildman–Crippen MR) is 80.8 cm³/mol. The Morgan fingerprint density at radius 2 is 1.89 bits per heavy atom. The maximum absolute atomic E-state index is 11.9. The molecule has 0 amide bonds. The van der Waals surface area contributed by atoms with Crippen molar-refractivity contribution in [3.8, 4) is 0 Å². The molecule has 1 aromatic carbocycles. The number of hydrogen-bond acceptors (Lipinski definition) is 4. The number of hydrogen-bond donors (Lipinski definition) is 2. The van der Waals surface area contributed by atoms with E-state index in [1.807, 2.05) is 25.3 Å². The molecule has 19 heavy (non-hydrogen) atoms. The van der Waals surface area contributed by atoms with Crippen LogP contribution in [0.15, 0.2) is 24.3 Å². The maximum atomic E-state index is 11.9. The van der Waals surface area contributed by atoms with E-state index in [1.165, 1.54) is 11.8 Å². The van der Waals surface area contributed by atoms with Crippen molar-refractivity contribution in [2.45, 2.75) is 25.2 Å². The normalized spacial score (nSPS) is 15.2. The van der Waals surface area contributed by atoms with Crippen LogP contribution in [0.1, 0.15) is 18.1 Å². The van der Waals surface area contributed by atoms with Crippen LogP contribution in [0.5, 0.6) is 0 Å². The second-order valence-electron chi connectivity index (χ2n) is 5.00. The van der Waals surface area contributed by atoms with Gasteiger partial charge in [-0.05, 0) is 25.7 Å². The molecule has 0 bridgehead atoms.